The van der Waals surface area contributed by atoms with Gasteiger partial charge in [0.25, 0.3) is 0 Å². The highest BCUT2D eigenvalue weighted by Gasteiger charge is 2.13. The number of benzene rings is 1. The fraction of sp³-hybridized carbons (Fsp3) is 0.533. The molecule has 0 radical (unpaired) electrons. The molecule has 0 aliphatic rings. The lowest BCUT2D eigenvalue weighted by molar-refractivity contribution is -0.134. The predicted molar refractivity (Wildman–Crippen MR) is 79.4 cm³/mol. The summed E-state index contributed by atoms with van der Waals surface area (Å²) in [5.41, 5.74) is 6.41. The van der Waals surface area contributed by atoms with Crippen LogP contribution in [0.2, 0.25) is 5.02 Å². The quantitative estimate of drug-likeness (QED) is 0.376. The highest BCUT2D eigenvalue weighted by Crippen LogP contribution is 2.31. The topological polar surface area (TPSA) is 52.3 Å². The normalized spacial score (nSPS) is 11.4. The molecular formula is C15H22ClNO2. The molecule has 0 amide bonds. The maximum absolute atomic E-state index is 11.7. The van der Waals surface area contributed by atoms with Crippen LogP contribution in [0.4, 0.5) is 5.69 Å². The SMILES string of the molecule is CC(C)(C)CCCCC(=O)Oc1c(N)cccc1Cl. The third-order valence-electron chi connectivity index (χ3n) is 2.77. The Morgan fingerprint density at radius 1 is 1.32 bits per heavy atom. The number of unbranched alkanes of at least 4 members (excludes halogenated alkanes) is 1. The summed E-state index contributed by atoms with van der Waals surface area (Å²) in [4.78, 5) is 11.7. The summed E-state index contributed by atoms with van der Waals surface area (Å²) in [6.07, 6.45) is 3.31. The van der Waals surface area contributed by atoms with Crippen LogP contribution in [0, 0.1) is 5.41 Å². The summed E-state index contributed by atoms with van der Waals surface area (Å²) >= 11 is 5.94. The number of hydrogen-bond acceptors (Lipinski definition) is 3. The van der Waals surface area contributed by atoms with Gasteiger partial charge >= 0.3 is 5.97 Å². The van der Waals surface area contributed by atoms with Crippen LogP contribution >= 0.6 is 11.6 Å². The molecule has 0 fully saturated rings. The molecule has 0 aliphatic heterocycles. The Hall–Kier alpha value is -1.22. The van der Waals surface area contributed by atoms with Crippen molar-refractivity contribution in [3.05, 3.63) is 23.2 Å². The van der Waals surface area contributed by atoms with E-state index in [0.717, 1.165) is 19.3 Å². The first-order valence-electron chi connectivity index (χ1n) is 6.54. The van der Waals surface area contributed by atoms with Gasteiger partial charge in [-0.05, 0) is 30.4 Å². The number of para-hydroxylation sites is 1. The molecule has 0 bridgehead atoms. The van der Waals surface area contributed by atoms with Gasteiger partial charge in [-0.1, -0.05) is 44.9 Å². The Bertz CT molecular complexity index is 418. The smallest absolute Gasteiger partial charge is 0.311 e. The van der Waals surface area contributed by atoms with Crippen molar-refractivity contribution in [1.82, 2.24) is 0 Å². The van der Waals surface area contributed by atoms with E-state index < -0.39 is 0 Å². The highest BCUT2D eigenvalue weighted by molar-refractivity contribution is 6.32. The second-order valence-corrected chi connectivity index (χ2v) is 6.31. The Balaban J connectivity index is 2.40. The number of nitrogen functional groups attached to an aromatic ring is 1. The lowest BCUT2D eigenvalue weighted by Crippen LogP contribution is -2.10. The Kier molecular flexibility index (Phi) is 5.67. The van der Waals surface area contributed by atoms with Gasteiger partial charge in [0, 0.05) is 6.42 Å². The fourth-order valence-corrected chi connectivity index (χ4v) is 1.94. The van der Waals surface area contributed by atoms with E-state index in [1.54, 1.807) is 18.2 Å². The Morgan fingerprint density at radius 2 is 2.00 bits per heavy atom. The van der Waals surface area contributed by atoms with Crippen LogP contribution in [0.25, 0.3) is 0 Å². The molecule has 106 valence electrons. The van der Waals surface area contributed by atoms with Crippen LogP contribution in [0.5, 0.6) is 5.75 Å². The summed E-state index contributed by atoms with van der Waals surface area (Å²) in [6, 6.07) is 5.03. The molecule has 3 nitrogen and oxygen atoms in total. The predicted octanol–water partition coefficient (Wildman–Crippen LogP) is 4.43. The zero-order chi connectivity index (χ0) is 14.5. The molecule has 0 atom stereocenters. The van der Waals surface area contributed by atoms with E-state index in [4.69, 9.17) is 22.1 Å². The van der Waals surface area contributed by atoms with Gasteiger partial charge in [-0.2, -0.15) is 0 Å². The first-order valence-corrected chi connectivity index (χ1v) is 6.92. The molecular weight excluding hydrogens is 262 g/mol. The van der Waals surface area contributed by atoms with Crippen LogP contribution in [-0.4, -0.2) is 5.97 Å². The van der Waals surface area contributed by atoms with Crippen molar-refractivity contribution in [3.63, 3.8) is 0 Å². The summed E-state index contributed by atoms with van der Waals surface area (Å²) in [5.74, 6) is -0.0151. The average Bonchev–Trinajstić information content (AvgIpc) is 2.28. The zero-order valence-electron chi connectivity index (χ0n) is 11.8. The zero-order valence-corrected chi connectivity index (χ0v) is 12.6. The third-order valence-corrected chi connectivity index (χ3v) is 3.07. The number of anilines is 1. The number of nitrogens with two attached hydrogens (primary N) is 1. The van der Waals surface area contributed by atoms with Gasteiger partial charge in [0.1, 0.15) is 0 Å². The number of rotatable bonds is 5. The maximum atomic E-state index is 11.7. The van der Waals surface area contributed by atoms with Crippen molar-refractivity contribution in [2.45, 2.75) is 46.5 Å². The van der Waals surface area contributed by atoms with Gasteiger partial charge in [0.2, 0.25) is 0 Å². The van der Waals surface area contributed by atoms with Gasteiger partial charge in [-0.25, -0.2) is 0 Å². The van der Waals surface area contributed by atoms with Crippen LogP contribution in [0.3, 0.4) is 0 Å². The van der Waals surface area contributed by atoms with Gasteiger partial charge in [0.05, 0.1) is 10.7 Å². The number of esters is 1. The number of ether oxygens (including phenoxy) is 1. The van der Waals surface area contributed by atoms with Crippen LogP contribution < -0.4 is 10.5 Å². The second-order valence-electron chi connectivity index (χ2n) is 5.90. The van der Waals surface area contributed by atoms with Crippen LogP contribution in [-0.2, 0) is 4.79 Å². The minimum Gasteiger partial charge on any atom is -0.423 e. The molecule has 0 saturated heterocycles. The van der Waals surface area contributed by atoms with Crippen molar-refractivity contribution >= 4 is 23.3 Å². The van der Waals surface area contributed by atoms with Crippen molar-refractivity contribution in [2.75, 3.05) is 5.73 Å². The van der Waals surface area contributed by atoms with E-state index in [-0.39, 0.29) is 11.7 Å². The molecule has 4 heteroatoms. The molecule has 0 unspecified atom stereocenters. The number of carbonyl (C=O) groups is 1. The molecule has 0 spiro atoms. The van der Waals surface area contributed by atoms with Gasteiger partial charge in [0.15, 0.2) is 5.75 Å². The largest absolute Gasteiger partial charge is 0.423 e. The summed E-state index contributed by atoms with van der Waals surface area (Å²) in [6.45, 7) is 6.57. The van der Waals surface area contributed by atoms with Gasteiger partial charge in [-0.3, -0.25) is 4.79 Å². The lowest BCUT2D eigenvalue weighted by Gasteiger charge is -2.17. The molecule has 2 N–H and O–H groups in total. The Morgan fingerprint density at radius 3 is 2.58 bits per heavy atom. The van der Waals surface area contributed by atoms with Crippen molar-refractivity contribution in [3.8, 4) is 5.75 Å². The van der Waals surface area contributed by atoms with Crippen molar-refractivity contribution in [1.29, 1.82) is 0 Å². The average molecular weight is 284 g/mol. The monoisotopic (exact) mass is 283 g/mol. The molecule has 0 aromatic heterocycles. The summed E-state index contributed by atoms with van der Waals surface area (Å²) < 4.78 is 5.21. The Labute approximate surface area is 120 Å². The van der Waals surface area contributed by atoms with E-state index in [2.05, 4.69) is 20.8 Å². The van der Waals surface area contributed by atoms with Gasteiger partial charge in [-0.15, -0.1) is 0 Å². The maximum Gasteiger partial charge on any atom is 0.311 e. The lowest BCUT2D eigenvalue weighted by atomic mass is 9.89. The number of halogens is 1. The highest BCUT2D eigenvalue weighted by atomic mass is 35.5. The first-order chi connectivity index (χ1) is 8.79. The molecule has 19 heavy (non-hydrogen) atoms. The van der Waals surface area contributed by atoms with Crippen molar-refractivity contribution < 1.29 is 9.53 Å². The van der Waals surface area contributed by atoms with E-state index in [1.807, 2.05) is 0 Å². The molecule has 0 aliphatic carbocycles. The van der Waals surface area contributed by atoms with E-state index in [0.29, 0.717) is 22.5 Å². The molecule has 1 aromatic carbocycles. The number of hydrogen-bond donors (Lipinski definition) is 1. The molecule has 1 aromatic rings. The van der Waals surface area contributed by atoms with Crippen LogP contribution in [0.1, 0.15) is 46.5 Å². The van der Waals surface area contributed by atoms with E-state index >= 15 is 0 Å². The second kappa shape index (κ2) is 6.80. The van der Waals surface area contributed by atoms with E-state index in [9.17, 15) is 4.79 Å². The molecule has 0 saturated carbocycles. The minimum atomic E-state index is -0.284. The first kappa shape index (κ1) is 15.8. The summed E-state index contributed by atoms with van der Waals surface area (Å²) in [5, 5.41) is 0.364. The third kappa shape index (κ3) is 5.97. The minimum absolute atomic E-state index is 0.269. The standard InChI is InChI=1S/C15H22ClNO2/c1-15(2,3)10-5-4-9-13(18)19-14-11(16)7-6-8-12(14)17/h6-8H,4-5,9-10,17H2,1-3H3. The molecule has 1 rings (SSSR count). The van der Waals surface area contributed by atoms with Gasteiger partial charge < -0.3 is 10.5 Å². The number of carbonyl (C=O) groups excluding carboxylic acids is 1. The molecule has 0 heterocycles. The van der Waals surface area contributed by atoms with E-state index in [1.165, 1.54) is 0 Å². The van der Waals surface area contributed by atoms with Crippen molar-refractivity contribution in [2.24, 2.45) is 5.41 Å². The summed E-state index contributed by atoms with van der Waals surface area (Å²) in [7, 11) is 0. The fourth-order valence-electron chi connectivity index (χ4n) is 1.72. The van der Waals surface area contributed by atoms with Crippen LogP contribution in [0.15, 0.2) is 18.2 Å².